The van der Waals surface area contributed by atoms with Crippen LogP contribution in [0.5, 0.6) is 0 Å². The predicted octanol–water partition coefficient (Wildman–Crippen LogP) is 0.867. The van der Waals surface area contributed by atoms with Gasteiger partial charge in [0.15, 0.2) is 0 Å². The molecule has 0 bridgehead atoms. The molecule has 1 aliphatic rings. The molecule has 1 rings (SSSR count). The third kappa shape index (κ3) is 4.95. The molecule has 0 aromatic rings. The molecular formula is C10H21NO3S. The fourth-order valence-electron chi connectivity index (χ4n) is 1.95. The first-order valence-electron chi connectivity index (χ1n) is 5.64. The van der Waals surface area contributed by atoms with E-state index in [-0.39, 0.29) is 24.3 Å². The van der Waals surface area contributed by atoms with Crippen molar-refractivity contribution in [2.45, 2.75) is 45.1 Å². The number of hydrogen-bond donors (Lipinski definition) is 2. The van der Waals surface area contributed by atoms with Crippen LogP contribution in [0.4, 0.5) is 0 Å². The van der Waals surface area contributed by atoms with Crippen molar-refractivity contribution in [3.05, 3.63) is 0 Å². The monoisotopic (exact) mass is 235 g/mol. The molecule has 15 heavy (non-hydrogen) atoms. The van der Waals surface area contributed by atoms with Crippen molar-refractivity contribution in [3.63, 3.8) is 0 Å². The van der Waals surface area contributed by atoms with Crippen LogP contribution in [0.25, 0.3) is 0 Å². The third-order valence-corrected chi connectivity index (χ3v) is 4.47. The van der Waals surface area contributed by atoms with Crippen molar-refractivity contribution in [2.75, 3.05) is 12.4 Å². The van der Waals surface area contributed by atoms with Gasteiger partial charge < -0.3 is 5.11 Å². The lowest BCUT2D eigenvalue weighted by molar-refractivity contribution is 0.248. The summed E-state index contributed by atoms with van der Waals surface area (Å²) in [6, 6.07) is 0.120. The Kier molecular flexibility index (Phi) is 5.02. The summed E-state index contributed by atoms with van der Waals surface area (Å²) in [6.45, 7) is 1.66. The van der Waals surface area contributed by atoms with E-state index in [0.29, 0.717) is 0 Å². The molecule has 1 unspecified atom stereocenters. The summed E-state index contributed by atoms with van der Waals surface area (Å²) in [4.78, 5) is 0. The third-order valence-electron chi connectivity index (χ3n) is 2.77. The maximum Gasteiger partial charge on any atom is 0.212 e. The van der Waals surface area contributed by atoms with Gasteiger partial charge in [-0.3, -0.25) is 0 Å². The second-order valence-corrected chi connectivity index (χ2v) is 6.32. The smallest absolute Gasteiger partial charge is 0.212 e. The van der Waals surface area contributed by atoms with Gasteiger partial charge >= 0.3 is 0 Å². The van der Waals surface area contributed by atoms with Crippen LogP contribution in [-0.4, -0.2) is 31.9 Å². The van der Waals surface area contributed by atoms with Crippen molar-refractivity contribution in [2.24, 2.45) is 5.92 Å². The van der Waals surface area contributed by atoms with Crippen LogP contribution in [0.2, 0.25) is 0 Å². The molecule has 4 nitrogen and oxygen atoms in total. The summed E-state index contributed by atoms with van der Waals surface area (Å²) in [5.74, 6) is -0.161. The zero-order valence-electron chi connectivity index (χ0n) is 9.28. The minimum absolute atomic E-state index is 0.0278. The molecule has 0 aromatic heterocycles. The van der Waals surface area contributed by atoms with Gasteiger partial charge in [0.05, 0.1) is 5.75 Å². The molecule has 1 fully saturated rings. The van der Waals surface area contributed by atoms with Crippen molar-refractivity contribution < 1.29 is 13.5 Å². The molecule has 2 N–H and O–H groups in total. The van der Waals surface area contributed by atoms with E-state index in [1.165, 1.54) is 6.42 Å². The van der Waals surface area contributed by atoms with Gasteiger partial charge in [0.1, 0.15) is 0 Å². The van der Waals surface area contributed by atoms with E-state index in [1.54, 1.807) is 6.92 Å². The molecular weight excluding hydrogens is 214 g/mol. The Morgan fingerprint density at radius 2 is 1.93 bits per heavy atom. The Bertz CT molecular complexity index is 270. The molecule has 0 spiro atoms. The number of aliphatic hydroxyl groups is 1. The van der Waals surface area contributed by atoms with Gasteiger partial charge in [-0.15, -0.1) is 0 Å². The van der Waals surface area contributed by atoms with Gasteiger partial charge in [0.25, 0.3) is 0 Å². The zero-order chi connectivity index (χ0) is 11.3. The summed E-state index contributed by atoms with van der Waals surface area (Å²) in [5, 5.41) is 8.81. The minimum atomic E-state index is -3.20. The minimum Gasteiger partial charge on any atom is -0.396 e. The average molecular weight is 235 g/mol. The fraction of sp³-hybridized carbons (Fsp3) is 1.00. The highest BCUT2D eigenvalue weighted by atomic mass is 32.2. The highest BCUT2D eigenvalue weighted by Crippen LogP contribution is 2.18. The van der Waals surface area contributed by atoms with Crippen LogP contribution < -0.4 is 4.72 Å². The molecule has 90 valence electrons. The van der Waals surface area contributed by atoms with Crippen LogP contribution in [0, 0.1) is 5.92 Å². The Hall–Kier alpha value is -0.130. The van der Waals surface area contributed by atoms with Gasteiger partial charge in [-0.2, -0.15) is 0 Å². The van der Waals surface area contributed by atoms with Crippen molar-refractivity contribution in [1.82, 2.24) is 4.72 Å². The van der Waals surface area contributed by atoms with Gasteiger partial charge in [-0.25, -0.2) is 13.1 Å². The zero-order valence-corrected chi connectivity index (χ0v) is 10.1. The maximum atomic E-state index is 11.6. The second kappa shape index (κ2) is 5.82. The largest absolute Gasteiger partial charge is 0.396 e. The number of rotatable bonds is 5. The maximum absolute atomic E-state index is 11.6. The molecule has 0 radical (unpaired) electrons. The Balaban J connectivity index is 2.40. The lowest BCUT2D eigenvalue weighted by atomic mass is 9.96. The van der Waals surface area contributed by atoms with Gasteiger partial charge in [-0.1, -0.05) is 26.2 Å². The molecule has 5 heteroatoms. The van der Waals surface area contributed by atoms with Gasteiger partial charge in [-0.05, 0) is 18.8 Å². The molecule has 1 saturated carbocycles. The van der Waals surface area contributed by atoms with E-state index in [2.05, 4.69) is 4.72 Å². The molecule has 0 heterocycles. The summed E-state index contributed by atoms with van der Waals surface area (Å²) >= 11 is 0. The fourth-order valence-corrected chi connectivity index (χ4v) is 3.64. The van der Waals surface area contributed by atoms with E-state index in [9.17, 15) is 8.42 Å². The average Bonchev–Trinajstić information content (AvgIpc) is 2.17. The quantitative estimate of drug-likeness (QED) is 0.743. The van der Waals surface area contributed by atoms with Crippen LogP contribution in [0.3, 0.4) is 0 Å². The van der Waals surface area contributed by atoms with E-state index < -0.39 is 10.0 Å². The SMILES string of the molecule is CC(CO)CS(=O)(=O)NC1CCCCC1. The summed E-state index contributed by atoms with van der Waals surface area (Å²) < 4.78 is 26.0. The lowest BCUT2D eigenvalue weighted by Gasteiger charge is -2.23. The van der Waals surface area contributed by atoms with Crippen molar-refractivity contribution in [1.29, 1.82) is 0 Å². The van der Waals surface area contributed by atoms with Crippen molar-refractivity contribution >= 4 is 10.0 Å². The molecule has 0 amide bonds. The first kappa shape index (κ1) is 12.9. The number of aliphatic hydroxyl groups excluding tert-OH is 1. The Morgan fingerprint density at radius 1 is 1.33 bits per heavy atom. The lowest BCUT2D eigenvalue weighted by Crippen LogP contribution is -2.39. The summed E-state index contributed by atoms with van der Waals surface area (Å²) in [5.41, 5.74) is 0. The van der Waals surface area contributed by atoms with Crippen LogP contribution in [0.15, 0.2) is 0 Å². The molecule has 1 aliphatic carbocycles. The van der Waals surface area contributed by atoms with E-state index >= 15 is 0 Å². The Morgan fingerprint density at radius 3 is 2.47 bits per heavy atom. The number of sulfonamides is 1. The normalized spacial score (nSPS) is 21.5. The number of hydrogen-bond acceptors (Lipinski definition) is 3. The second-order valence-electron chi connectivity index (χ2n) is 4.52. The highest BCUT2D eigenvalue weighted by molar-refractivity contribution is 7.89. The summed E-state index contributed by atoms with van der Waals surface area (Å²) in [7, 11) is -3.20. The first-order chi connectivity index (χ1) is 7.03. The van der Waals surface area contributed by atoms with E-state index in [0.717, 1.165) is 25.7 Å². The summed E-state index contributed by atoms with van der Waals surface area (Å²) in [6.07, 6.45) is 5.34. The highest BCUT2D eigenvalue weighted by Gasteiger charge is 2.21. The van der Waals surface area contributed by atoms with E-state index in [4.69, 9.17) is 5.11 Å². The van der Waals surface area contributed by atoms with Gasteiger partial charge in [0, 0.05) is 12.6 Å². The standard InChI is InChI=1S/C10H21NO3S/c1-9(7-12)8-15(13,14)11-10-5-3-2-4-6-10/h9-12H,2-8H2,1H3. The van der Waals surface area contributed by atoms with Crippen LogP contribution in [0.1, 0.15) is 39.0 Å². The first-order valence-corrected chi connectivity index (χ1v) is 7.29. The Labute approximate surface area is 92.1 Å². The number of nitrogens with one attached hydrogen (secondary N) is 1. The van der Waals surface area contributed by atoms with Crippen molar-refractivity contribution in [3.8, 4) is 0 Å². The molecule has 1 atom stereocenters. The van der Waals surface area contributed by atoms with E-state index in [1.807, 2.05) is 0 Å². The van der Waals surface area contributed by atoms with Crippen LogP contribution >= 0.6 is 0 Å². The predicted molar refractivity (Wildman–Crippen MR) is 60.0 cm³/mol. The van der Waals surface area contributed by atoms with Crippen LogP contribution in [-0.2, 0) is 10.0 Å². The molecule has 0 saturated heterocycles. The topological polar surface area (TPSA) is 66.4 Å². The van der Waals surface area contributed by atoms with Gasteiger partial charge in [0.2, 0.25) is 10.0 Å². The molecule has 0 aliphatic heterocycles. The molecule has 0 aromatic carbocycles.